The van der Waals surface area contributed by atoms with Crippen LogP contribution < -0.4 is 21.5 Å². The first-order valence-corrected chi connectivity index (χ1v) is 5.65. The molecule has 0 radical (unpaired) electrons. The largest absolute Gasteiger partial charge is 0.476 e. The standard InChI is InChI=1S/C11H19N5O2/c1-4-18-10-8(13)9(14-6-15-10)16-11(2,3)5-7(12)17/h6H,4-5,13H2,1-3H3,(H2,12,17)(H,14,15,16). The van der Waals surface area contributed by atoms with Crippen LogP contribution in [0.2, 0.25) is 0 Å². The molecule has 100 valence electrons. The van der Waals surface area contributed by atoms with Crippen molar-refractivity contribution in [3.63, 3.8) is 0 Å². The zero-order valence-corrected chi connectivity index (χ0v) is 10.9. The Kier molecular flexibility index (Phi) is 4.30. The van der Waals surface area contributed by atoms with Crippen LogP contribution in [0.5, 0.6) is 5.88 Å². The van der Waals surface area contributed by atoms with Gasteiger partial charge in [-0.2, -0.15) is 4.98 Å². The van der Waals surface area contributed by atoms with E-state index >= 15 is 0 Å². The maximum Gasteiger partial charge on any atom is 0.242 e. The lowest BCUT2D eigenvalue weighted by atomic mass is 10.0. The van der Waals surface area contributed by atoms with Crippen LogP contribution >= 0.6 is 0 Å². The Hall–Kier alpha value is -2.05. The number of nitrogens with one attached hydrogen (secondary N) is 1. The number of nitrogen functional groups attached to an aromatic ring is 1. The number of nitrogens with zero attached hydrogens (tertiary/aromatic N) is 2. The molecule has 7 nitrogen and oxygen atoms in total. The molecule has 18 heavy (non-hydrogen) atoms. The van der Waals surface area contributed by atoms with Gasteiger partial charge in [-0.3, -0.25) is 4.79 Å². The SMILES string of the molecule is CCOc1ncnc(NC(C)(C)CC(N)=O)c1N. The Morgan fingerprint density at radius 2 is 2.17 bits per heavy atom. The van der Waals surface area contributed by atoms with Crippen LogP contribution in [0, 0.1) is 0 Å². The van der Waals surface area contributed by atoms with E-state index in [1.807, 2.05) is 20.8 Å². The molecule has 0 aliphatic heterocycles. The van der Waals surface area contributed by atoms with Gasteiger partial charge in [0.2, 0.25) is 11.8 Å². The normalized spacial score (nSPS) is 11.1. The number of primary amides is 1. The van der Waals surface area contributed by atoms with Crippen molar-refractivity contribution in [3.05, 3.63) is 6.33 Å². The Morgan fingerprint density at radius 1 is 1.50 bits per heavy atom. The molecule has 1 heterocycles. The second-order valence-corrected chi connectivity index (χ2v) is 4.53. The van der Waals surface area contributed by atoms with E-state index in [2.05, 4.69) is 15.3 Å². The number of ether oxygens (including phenoxy) is 1. The molecule has 1 amide bonds. The van der Waals surface area contributed by atoms with Crippen LogP contribution in [0.15, 0.2) is 6.33 Å². The highest BCUT2D eigenvalue weighted by Crippen LogP contribution is 2.27. The van der Waals surface area contributed by atoms with Gasteiger partial charge in [-0.15, -0.1) is 0 Å². The summed E-state index contributed by atoms with van der Waals surface area (Å²) in [7, 11) is 0. The predicted octanol–water partition coefficient (Wildman–Crippen LogP) is 0.523. The molecule has 0 saturated carbocycles. The number of nitrogens with two attached hydrogens (primary N) is 2. The maximum atomic E-state index is 11.0. The van der Waals surface area contributed by atoms with Crippen molar-refractivity contribution in [1.29, 1.82) is 0 Å². The zero-order chi connectivity index (χ0) is 13.8. The highest BCUT2D eigenvalue weighted by atomic mass is 16.5. The quantitative estimate of drug-likeness (QED) is 0.680. The summed E-state index contributed by atoms with van der Waals surface area (Å²) in [5, 5.41) is 3.06. The number of hydrogen-bond donors (Lipinski definition) is 3. The Bertz CT molecular complexity index is 433. The second-order valence-electron chi connectivity index (χ2n) is 4.53. The van der Waals surface area contributed by atoms with Crippen LogP contribution in [-0.4, -0.2) is 28.0 Å². The molecule has 0 aliphatic carbocycles. The van der Waals surface area contributed by atoms with Crippen LogP contribution in [-0.2, 0) is 4.79 Å². The van der Waals surface area contributed by atoms with Gasteiger partial charge in [0.25, 0.3) is 0 Å². The van der Waals surface area contributed by atoms with Crippen molar-refractivity contribution in [2.45, 2.75) is 32.7 Å². The van der Waals surface area contributed by atoms with Crippen molar-refractivity contribution in [3.8, 4) is 5.88 Å². The van der Waals surface area contributed by atoms with Gasteiger partial charge >= 0.3 is 0 Å². The van der Waals surface area contributed by atoms with Crippen LogP contribution in [0.25, 0.3) is 0 Å². The van der Waals surface area contributed by atoms with E-state index in [0.717, 1.165) is 0 Å². The monoisotopic (exact) mass is 253 g/mol. The topological polar surface area (TPSA) is 116 Å². The smallest absolute Gasteiger partial charge is 0.242 e. The third kappa shape index (κ3) is 3.76. The molecule has 0 aromatic carbocycles. The van der Waals surface area contributed by atoms with Gasteiger partial charge in [0, 0.05) is 12.0 Å². The summed E-state index contributed by atoms with van der Waals surface area (Å²) in [5.41, 5.74) is 10.8. The third-order valence-electron chi connectivity index (χ3n) is 2.20. The van der Waals surface area contributed by atoms with Crippen LogP contribution in [0.1, 0.15) is 27.2 Å². The minimum atomic E-state index is -0.544. The Labute approximate surface area is 106 Å². The van der Waals surface area contributed by atoms with Gasteiger partial charge in [0.1, 0.15) is 12.0 Å². The van der Waals surface area contributed by atoms with Crippen molar-refractivity contribution in [2.24, 2.45) is 5.73 Å². The van der Waals surface area contributed by atoms with E-state index in [4.69, 9.17) is 16.2 Å². The van der Waals surface area contributed by atoms with Gasteiger partial charge in [-0.25, -0.2) is 4.98 Å². The molecule has 5 N–H and O–H groups in total. The fraction of sp³-hybridized carbons (Fsp3) is 0.545. The molecule has 1 aromatic heterocycles. The zero-order valence-electron chi connectivity index (χ0n) is 10.9. The van der Waals surface area contributed by atoms with Gasteiger partial charge in [0.05, 0.1) is 6.61 Å². The number of anilines is 2. The molecule has 0 aliphatic rings. The summed E-state index contributed by atoms with van der Waals surface area (Å²) in [4.78, 5) is 18.9. The highest BCUT2D eigenvalue weighted by Gasteiger charge is 2.22. The van der Waals surface area contributed by atoms with Gasteiger partial charge in [0.15, 0.2) is 5.82 Å². The number of amides is 1. The Morgan fingerprint density at radius 3 is 2.72 bits per heavy atom. The van der Waals surface area contributed by atoms with Crippen molar-refractivity contribution in [1.82, 2.24) is 9.97 Å². The lowest BCUT2D eigenvalue weighted by Crippen LogP contribution is -2.36. The number of rotatable bonds is 6. The minimum absolute atomic E-state index is 0.167. The van der Waals surface area contributed by atoms with E-state index in [1.54, 1.807) is 0 Å². The second kappa shape index (κ2) is 5.52. The molecule has 1 rings (SSSR count). The molecule has 1 aromatic rings. The predicted molar refractivity (Wildman–Crippen MR) is 69.1 cm³/mol. The summed E-state index contributed by atoms with van der Waals surface area (Å²) >= 11 is 0. The lowest BCUT2D eigenvalue weighted by Gasteiger charge is -2.26. The van der Waals surface area contributed by atoms with Crippen LogP contribution in [0.3, 0.4) is 0 Å². The lowest BCUT2D eigenvalue weighted by molar-refractivity contribution is -0.118. The van der Waals surface area contributed by atoms with Crippen LogP contribution in [0.4, 0.5) is 11.5 Å². The summed E-state index contributed by atoms with van der Waals surface area (Å²) in [6, 6.07) is 0. The average Bonchev–Trinajstić information content (AvgIpc) is 2.22. The summed E-state index contributed by atoms with van der Waals surface area (Å²) < 4.78 is 5.27. The molecule has 0 bridgehead atoms. The molecular weight excluding hydrogens is 234 g/mol. The first kappa shape index (κ1) is 14.0. The van der Waals surface area contributed by atoms with E-state index in [-0.39, 0.29) is 6.42 Å². The number of carbonyl (C=O) groups is 1. The van der Waals surface area contributed by atoms with Crippen molar-refractivity contribution >= 4 is 17.4 Å². The summed E-state index contributed by atoms with van der Waals surface area (Å²) in [6.07, 6.45) is 1.52. The van der Waals surface area contributed by atoms with Gasteiger partial charge in [-0.1, -0.05) is 0 Å². The number of hydrogen-bond acceptors (Lipinski definition) is 6. The molecule has 0 atom stereocenters. The minimum Gasteiger partial charge on any atom is -0.476 e. The van der Waals surface area contributed by atoms with Crippen molar-refractivity contribution < 1.29 is 9.53 Å². The van der Waals surface area contributed by atoms with E-state index < -0.39 is 11.4 Å². The number of aromatic nitrogens is 2. The van der Waals surface area contributed by atoms with E-state index in [0.29, 0.717) is 24.0 Å². The molecule has 0 saturated heterocycles. The van der Waals surface area contributed by atoms with E-state index in [1.165, 1.54) is 6.33 Å². The third-order valence-corrected chi connectivity index (χ3v) is 2.20. The molecular formula is C11H19N5O2. The first-order valence-electron chi connectivity index (χ1n) is 5.65. The van der Waals surface area contributed by atoms with Gasteiger partial charge in [-0.05, 0) is 20.8 Å². The molecule has 7 heteroatoms. The molecule has 0 fully saturated rings. The summed E-state index contributed by atoms with van der Waals surface area (Å²) in [6.45, 7) is 5.97. The maximum absolute atomic E-state index is 11.0. The van der Waals surface area contributed by atoms with Crippen molar-refractivity contribution in [2.75, 3.05) is 17.7 Å². The Balaban J connectivity index is 2.90. The molecule has 0 unspecified atom stereocenters. The molecule has 0 spiro atoms. The summed E-state index contributed by atoms with van der Waals surface area (Å²) in [5.74, 6) is 0.356. The number of carbonyl (C=O) groups excluding carboxylic acids is 1. The fourth-order valence-corrected chi connectivity index (χ4v) is 1.53. The van der Waals surface area contributed by atoms with E-state index in [9.17, 15) is 4.79 Å². The fourth-order valence-electron chi connectivity index (χ4n) is 1.53. The first-order chi connectivity index (χ1) is 8.35. The highest BCUT2D eigenvalue weighted by molar-refractivity contribution is 5.76. The average molecular weight is 253 g/mol. The van der Waals surface area contributed by atoms with Gasteiger partial charge < -0.3 is 21.5 Å².